The van der Waals surface area contributed by atoms with Crippen molar-refractivity contribution in [2.24, 2.45) is 4.99 Å². The summed E-state index contributed by atoms with van der Waals surface area (Å²) >= 11 is 6.38. The molecule has 0 radical (unpaired) electrons. The predicted octanol–water partition coefficient (Wildman–Crippen LogP) is 3.42. The van der Waals surface area contributed by atoms with Crippen LogP contribution in [0.4, 0.5) is 0 Å². The number of aromatic nitrogens is 1. The molecular formula is C15H18ClN3. The Morgan fingerprint density at radius 3 is 2.89 bits per heavy atom. The Labute approximate surface area is 118 Å². The lowest BCUT2D eigenvalue weighted by Gasteiger charge is -2.11. The lowest BCUT2D eigenvalue weighted by molar-refractivity contribution is 0.859. The average Bonchev–Trinajstić information content (AvgIpc) is 3.00. The van der Waals surface area contributed by atoms with Crippen molar-refractivity contribution in [3.63, 3.8) is 0 Å². The van der Waals surface area contributed by atoms with Gasteiger partial charge in [0.25, 0.3) is 0 Å². The van der Waals surface area contributed by atoms with E-state index in [9.17, 15) is 0 Å². The van der Waals surface area contributed by atoms with Gasteiger partial charge in [-0.15, -0.1) is 0 Å². The molecule has 0 saturated carbocycles. The lowest BCUT2D eigenvalue weighted by atomic mass is 9.99. The largest absolute Gasteiger partial charge is 0.370 e. The zero-order chi connectivity index (χ0) is 13.4. The average molecular weight is 276 g/mol. The zero-order valence-corrected chi connectivity index (χ0v) is 12.0. The van der Waals surface area contributed by atoms with Gasteiger partial charge in [-0.1, -0.05) is 31.5 Å². The van der Waals surface area contributed by atoms with Crippen molar-refractivity contribution in [2.75, 3.05) is 13.1 Å². The number of nitrogens with one attached hydrogen (secondary N) is 1. The van der Waals surface area contributed by atoms with Gasteiger partial charge >= 0.3 is 0 Å². The van der Waals surface area contributed by atoms with E-state index in [2.05, 4.69) is 47.1 Å². The number of aliphatic imine (C=N–C) groups is 1. The molecule has 0 atom stereocenters. The first kappa shape index (κ1) is 12.5. The summed E-state index contributed by atoms with van der Waals surface area (Å²) in [6.45, 7) is 7.01. The van der Waals surface area contributed by atoms with Crippen molar-refractivity contribution < 1.29 is 0 Å². The molecule has 1 aliphatic rings. The van der Waals surface area contributed by atoms with Crippen LogP contribution in [0.1, 0.15) is 25.3 Å². The summed E-state index contributed by atoms with van der Waals surface area (Å²) < 4.78 is 2.18. The van der Waals surface area contributed by atoms with Gasteiger partial charge in [-0.05, 0) is 23.6 Å². The fraction of sp³-hybridized carbons (Fsp3) is 0.400. The van der Waals surface area contributed by atoms with Crippen LogP contribution in [0.25, 0.3) is 10.9 Å². The van der Waals surface area contributed by atoms with E-state index >= 15 is 0 Å². The molecule has 0 aliphatic carbocycles. The maximum Gasteiger partial charge on any atom is 0.117 e. The number of nitrogens with zero attached hydrogens (tertiary/aromatic N) is 2. The first-order valence-corrected chi connectivity index (χ1v) is 7.09. The molecule has 0 amide bonds. The second-order valence-electron chi connectivity index (χ2n) is 5.25. The van der Waals surface area contributed by atoms with Crippen LogP contribution >= 0.6 is 11.6 Å². The van der Waals surface area contributed by atoms with Crippen molar-refractivity contribution in [1.82, 2.24) is 9.88 Å². The minimum Gasteiger partial charge on any atom is -0.370 e. The number of hydrogen-bond acceptors (Lipinski definition) is 2. The Hall–Kier alpha value is -1.48. The van der Waals surface area contributed by atoms with Gasteiger partial charge in [-0.2, -0.15) is 0 Å². The van der Waals surface area contributed by atoms with Crippen LogP contribution < -0.4 is 5.32 Å². The molecule has 100 valence electrons. The molecule has 19 heavy (non-hydrogen) atoms. The van der Waals surface area contributed by atoms with E-state index in [0.717, 1.165) is 36.0 Å². The van der Waals surface area contributed by atoms with E-state index in [1.54, 1.807) is 0 Å². The molecule has 1 aromatic heterocycles. The maximum absolute atomic E-state index is 6.38. The number of fused-ring (bicyclic) bond motifs is 1. The summed E-state index contributed by atoms with van der Waals surface area (Å²) in [5, 5.41) is 5.36. The number of benzene rings is 1. The molecule has 1 N–H and O–H groups in total. The van der Waals surface area contributed by atoms with Crippen molar-refractivity contribution in [3.05, 3.63) is 35.0 Å². The first-order chi connectivity index (χ1) is 9.16. The van der Waals surface area contributed by atoms with E-state index in [0.29, 0.717) is 5.92 Å². The fourth-order valence-corrected chi connectivity index (χ4v) is 2.93. The van der Waals surface area contributed by atoms with Crippen molar-refractivity contribution >= 4 is 28.3 Å². The van der Waals surface area contributed by atoms with Crippen molar-refractivity contribution in [2.45, 2.75) is 26.3 Å². The van der Waals surface area contributed by atoms with Gasteiger partial charge in [0, 0.05) is 18.1 Å². The summed E-state index contributed by atoms with van der Waals surface area (Å²) in [5.41, 5.74) is 2.46. The predicted molar refractivity (Wildman–Crippen MR) is 81.3 cm³/mol. The van der Waals surface area contributed by atoms with E-state index in [1.807, 2.05) is 6.07 Å². The van der Waals surface area contributed by atoms with Crippen molar-refractivity contribution in [1.29, 1.82) is 0 Å². The Kier molecular flexibility index (Phi) is 3.23. The smallest absolute Gasteiger partial charge is 0.117 e. The van der Waals surface area contributed by atoms with Crippen LogP contribution in [0, 0.1) is 0 Å². The third-order valence-corrected chi connectivity index (χ3v) is 3.90. The van der Waals surface area contributed by atoms with Gasteiger partial charge < -0.3 is 9.88 Å². The number of rotatable bonds is 3. The van der Waals surface area contributed by atoms with Gasteiger partial charge in [0.15, 0.2) is 0 Å². The molecule has 0 fully saturated rings. The summed E-state index contributed by atoms with van der Waals surface area (Å²) in [6, 6.07) is 6.29. The molecule has 0 spiro atoms. The van der Waals surface area contributed by atoms with Crippen LogP contribution in [0.15, 0.2) is 29.4 Å². The monoisotopic (exact) mass is 275 g/mol. The standard InChI is InChI=1S/C15H18ClN3/c1-10(2)11-3-4-13(16)15-12(11)5-8-19(15)9-14-17-6-7-18-14/h3-5,8,10H,6-7,9H2,1-2H3,(H,17,18). The lowest BCUT2D eigenvalue weighted by Crippen LogP contribution is -2.23. The highest BCUT2D eigenvalue weighted by molar-refractivity contribution is 6.35. The van der Waals surface area contributed by atoms with E-state index in [1.165, 1.54) is 10.9 Å². The number of amidine groups is 1. The Morgan fingerprint density at radius 1 is 1.37 bits per heavy atom. The summed E-state index contributed by atoms with van der Waals surface area (Å²) in [5.74, 6) is 1.54. The van der Waals surface area contributed by atoms with Crippen LogP contribution in [0.5, 0.6) is 0 Å². The van der Waals surface area contributed by atoms with E-state index in [4.69, 9.17) is 11.6 Å². The quantitative estimate of drug-likeness (QED) is 0.914. The van der Waals surface area contributed by atoms with Gasteiger partial charge in [0.05, 0.1) is 23.6 Å². The number of halogens is 1. The van der Waals surface area contributed by atoms with Crippen LogP contribution in [-0.2, 0) is 6.54 Å². The minimum absolute atomic E-state index is 0.498. The Bertz CT molecular complexity index is 640. The highest BCUT2D eigenvalue weighted by Gasteiger charge is 2.13. The minimum atomic E-state index is 0.498. The first-order valence-electron chi connectivity index (χ1n) is 6.71. The van der Waals surface area contributed by atoms with Gasteiger partial charge in [0.2, 0.25) is 0 Å². The SMILES string of the molecule is CC(C)c1ccc(Cl)c2c1ccn2CC1=NCCN1. The molecule has 2 heterocycles. The van der Waals surface area contributed by atoms with Crippen LogP contribution in [-0.4, -0.2) is 23.5 Å². The number of hydrogen-bond donors (Lipinski definition) is 1. The molecule has 1 aromatic carbocycles. The van der Waals surface area contributed by atoms with Gasteiger partial charge in [-0.25, -0.2) is 0 Å². The summed E-state index contributed by atoms with van der Waals surface area (Å²) in [4.78, 5) is 4.45. The highest BCUT2D eigenvalue weighted by Crippen LogP contribution is 2.31. The molecule has 0 bridgehead atoms. The van der Waals surface area contributed by atoms with E-state index in [-0.39, 0.29) is 0 Å². The molecule has 0 saturated heterocycles. The van der Waals surface area contributed by atoms with Crippen molar-refractivity contribution in [3.8, 4) is 0 Å². The third kappa shape index (κ3) is 2.23. The Morgan fingerprint density at radius 2 is 2.21 bits per heavy atom. The molecule has 2 aromatic rings. The maximum atomic E-state index is 6.38. The van der Waals surface area contributed by atoms with Crippen LogP contribution in [0.3, 0.4) is 0 Å². The third-order valence-electron chi connectivity index (χ3n) is 3.60. The normalized spacial score (nSPS) is 15.1. The molecule has 0 unspecified atom stereocenters. The van der Waals surface area contributed by atoms with Gasteiger partial charge in [-0.3, -0.25) is 4.99 Å². The summed E-state index contributed by atoms with van der Waals surface area (Å²) in [6.07, 6.45) is 2.10. The van der Waals surface area contributed by atoms with Crippen LogP contribution in [0.2, 0.25) is 5.02 Å². The molecular weight excluding hydrogens is 258 g/mol. The zero-order valence-electron chi connectivity index (χ0n) is 11.3. The second-order valence-corrected chi connectivity index (χ2v) is 5.66. The molecule has 3 nitrogen and oxygen atoms in total. The van der Waals surface area contributed by atoms with E-state index < -0.39 is 0 Å². The fourth-order valence-electron chi connectivity index (χ4n) is 2.65. The highest BCUT2D eigenvalue weighted by atomic mass is 35.5. The molecule has 3 rings (SSSR count). The molecule has 1 aliphatic heterocycles. The summed E-state index contributed by atoms with van der Waals surface area (Å²) in [7, 11) is 0. The second kappa shape index (κ2) is 4.89. The molecule has 4 heteroatoms. The Balaban J connectivity index is 2.08. The van der Waals surface area contributed by atoms with Gasteiger partial charge in [0.1, 0.15) is 5.84 Å². The topological polar surface area (TPSA) is 29.3 Å².